The Morgan fingerprint density at radius 3 is 1.38 bits per heavy atom. The van der Waals surface area contributed by atoms with Gasteiger partial charge in [-0.2, -0.15) is 10.5 Å². The van der Waals surface area contributed by atoms with E-state index in [1.54, 1.807) is 57.2 Å². The van der Waals surface area contributed by atoms with Crippen molar-refractivity contribution in [1.29, 1.82) is 10.5 Å². The topological polar surface area (TPSA) is 261 Å². The molecule has 2 saturated heterocycles. The van der Waals surface area contributed by atoms with Crippen LogP contribution in [0.4, 0.5) is 0 Å². The standard InChI is InChI=1S/C58H58N2O18/c1-35(2)53(61)71-25-9-7-23-69-43-17-13-39(14-18-43)55(63)75-45-21-11-37(29-47(45)67-5)27-41(31-59)57(65)77-49-33-73-52-50(34-74-51(49)52)78-58(66)42(32-60)28-38-12-22-46(48(30-38)68-6)76-56(64)40-15-19-44(20-16-40)70-24-8-10-26-72-54(62)36(3)4/h11-22,27-30,36,49-52H,1,7-10,23-26,33-34H2,2-6H3/b41-27+,42-28+/t49-,50+,51-,52-/m1/s1. The predicted molar refractivity (Wildman–Crippen MR) is 276 cm³/mol. The lowest BCUT2D eigenvalue weighted by molar-refractivity contribution is -0.150. The molecule has 0 N–H and O–H groups in total. The normalized spacial score (nSPS) is 16.6. The van der Waals surface area contributed by atoms with Crippen LogP contribution in [-0.2, 0) is 47.6 Å². The third-order valence-electron chi connectivity index (χ3n) is 11.7. The Kier molecular flexibility index (Phi) is 21.5. The van der Waals surface area contributed by atoms with Gasteiger partial charge < -0.3 is 56.8 Å². The number of hydrogen-bond donors (Lipinski definition) is 0. The summed E-state index contributed by atoms with van der Waals surface area (Å²) in [6, 6.07) is 25.2. The van der Waals surface area contributed by atoms with Gasteiger partial charge in [-0.1, -0.05) is 32.6 Å². The van der Waals surface area contributed by atoms with Crippen molar-refractivity contribution >= 4 is 48.0 Å². The number of rotatable bonds is 26. The van der Waals surface area contributed by atoms with Crippen LogP contribution < -0.4 is 28.4 Å². The average molecular weight is 1070 g/mol. The molecule has 20 heteroatoms. The van der Waals surface area contributed by atoms with Gasteiger partial charge in [0.1, 0.15) is 47.0 Å². The summed E-state index contributed by atoms with van der Waals surface area (Å²) in [5, 5.41) is 19.9. The molecule has 0 amide bonds. The zero-order chi connectivity index (χ0) is 56.1. The summed E-state index contributed by atoms with van der Waals surface area (Å²) in [5.41, 5.74) is 0.740. The van der Waals surface area contributed by atoms with Crippen molar-refractivity contribution in [2.45, 2.75) is 70.9 Å². The summed E-state index contributed by atoms with van der Waals surface area (Å²) in [6.07, 6.45) is 1.38. The largest absolute Gasteiger partial charge is 0.494 e. The second-order valence-electron chi connectivity index (χ2n) is 17.8. The lowest BCUT2D eigenvalue weighted by Crippen LogP contribution is -2.36. The lowest BCUT2D eigenvalue weighted by Gasteiger charge is -2.17. The molecule has 78 heavy (non-hydrogen) atoms. The van der Waals surface area contributed by atoms with E-state index in [-0.39, 0.29) is 77.0 Å². The monoisotopic (exact) mass is 1070 g/mol. The summed E-state index contributed by atoms with van der Waals surface area (Å²) in [7, 11) is 2.72. The molecule has 0 aromatic heterocycles. The molecule has 0 unspecified atom stereocenters. The van der Waals surface area contributed by atoms with Crippen molar-refractivity contribution in [3.05, 3.63) is 130 Å². The van der Waals surface area contributed by atoms with Crippen LogP contribution in [0.1, 0.15) is 78.3 Å². The van der Waals surface area contributed by atoms with Gasteiger partial charge in [-0.15, -0.1) is 0 Å². The molecule has 0 radical (unpaired) electrons. The molecule has 2 aliphatic heterocycles. The molecule has 0 aliphatic carbocycles. The Bertz CT molecular complexity index is 2970. The highest BCUT2D eigenvalue weighted by molar-refractivity contribution is 5.99. The van der Waals surface area contributed by atoms with E-state index in [2.05, 4.69) is 6.58 Å². The Hall–Kier alpha value is -8.98. The minimum absolute atomic E-state index is 0.0721. The second kappa shape index (κ2) is 28.8. The first-order valence-electron chi connectivity index (χ1n) is 24.7. The maximum absolute atomic E-state index is 13.3. The number of unbranched alkanes of at least 4 members (excludes halogenated alkanes) is 2. The Labute approximate surface area is 450 Å². The summed E-state index contributed by atoms with van der Waals surface area (Å²) in [4.78, 5) is 75.8. The SMILES string of the molecule is C=C(C)C(=O)OCCCCOc1ccc(C(=O)Oc2ccc(/C=C(\C#N)C(=O)O[C@@H]3CO[C@H]4[C@@H]3OC[C@@H]4OC(=O)/C(C#N)=C/c3ccc(OC(=O)c4ccc(OCCCCOC(=O)C(C)C)cc4)c(OC)c3)cc2OC)cc1. The van der Waals surface area contributed by atoms with Gasteiger partial charge in [0.25, 0.3) is 0 Å². The maximum Gasteiger partial charge on any atom is 0.349 e. The minimum atomic E-state index is -0.986. The van der Waals surface area contributed by atoms with Crippen molar-refractivity contribution in [2.75, 3.05) is 53.9 Å². The molecule has 4 aromatic rings. The van der Waals surface area contributed by atoms with Crippen molar-refractivity contribution in [1.82, 2.24) is 0 Å². The number of fused-ring (bicyclic) bond motifs is 1. The number of nitriles is 2. The predicted octanol–water partition coefficient (Wildman–Crippen LogP) is 7.91. The van der Waals surface area contributed by atoms with Crippen LogP contribution >= 0.6 is 0 Å². The minimum Gasteiger partial charge on any atom is -0.494 e. The number of hydrogen-bond acceptors (Lipinski definition) is 20. The van der Waals surface area contributed by atoms with Gasteiger partial charge in [0.05, 0.1) is 70.9 Å². The van der Waals surface area contributed by atoms with E-state index in [1.165, 1.54) is 74.9 Å². The molecule has 0 bridgehead atoms. The van der Waals surface area contributed by atoms with Gasteiger partial charge in [0.15, 0.2) is 35.2 Å². The average Bonchev–Trinajstić information content (AvgIpc) is 4.05. The first-order chi connectivity index (χ1) is 37.6. The highest BCUT2D eigenvalue weighted by Gasteiger charge is 2.51. The highest BCUT2D eigenvalue weighted by atomic mass is 16.7. The lowest BCUT2D eigenvalue weighted by atomic mass is 10.1. The molecule has 2 fully saturated rings. The number of ether oxygens (including phenoxy) is 12. The number of carbonyl (C=O) groups excluding carboxylic acids is 6. The molecule has 4 aromatic carbocycles. The van der Waals surface area contributed by atoms with Crippen LogP contribution in [0, 0.1) is 28.6 Å². The van der Waals surface area contributed by atoms with Crippen LogP contribution in [-0.4, -0.2) is 114 Å². The molecular formula is C58H58N2O18. The Morgan fingerprint density at radius 2 is 1.00 bits per heavy atom. The fourth-order valence-corrected chi connectivity index (χ4v) is 7.46. The van der Waals surface area contributed by atoms with Crippen molar-refractivity contribution in [3.63, 3.8) is 0 Å². The van der Waals surface area contributed by atoms with Crippen molar-refractivity contribution in [2.24, 2.45) is 5.92 Å². The van der Waals surface area contributed by atoms with Crippen LogP contribution in [0.2, 0.25) is 0 Å². The first kappa shape index (κ1) is 58.3. The number of esters is 6. The van der Waals surface area contributed by atoms with E-state index in [1.807, 2.05) is 12.1 Å². The van der Waals surface area contributed by atoms with E-state index in [0.29, 0.717) is 73.7 Å². The van der Waals surface area contributed by atoms with Gasteiger partial charge in [0, 0.05) is 5.57 Å². The third-order valence-corrected chi connectivity index (χ3v) is 11.7. The fraction of sp³-hybridized carbons (Fsp3) is 0.345. The molecule has 20 nitrogen and oxygen atoms in total. The van der Waals surface area contributed by atoms with Crippen LogP contribution in [0.15, 0.2) is 108 Å². The molecular weight excluding hydrogens is 1010 g/mol. The zero-order valence-electron chi connectivity index (χ0n) is 43.6. The summed E-state index contributed by atoms with van der Waals surface area (Å²) in [6.45, 7) is 9.69. The van der Waals surface area contributed by atoms with E-state index < -0.39 is 54.3 Å². The van der Waals surface area contributed by atoms with Gasteiger partial charge in [-0.25, -0.2) is 24.0 Å². The molecule has 0 saturated carbocycles. The maximum atomic E-state index is 13.3. The van der Waals surface area contributed by atoms with Crippen molar-refractivity contribution < 1.29 is 85.6 Å². The summed E-state index contributed by atoms with van der Waals surface area (Å²) < 4.78 is 66.7. The number of benzene rings is 4. The molecule has 2 aliphatic rings. The van der Waals surface area contributed by atoms with E-state index in [4.69, 9.17) is 56.8 Å². The quantitative estimate of drug-likeness (QED) is 0.0144. The fourth-order valence-electron chi connectivity index (χ4n) is 7.46. The van der Waals surface area contributed by atoms with Gasteiger partial charge in [-0.3, -0.25) is 4.79 Å². The smallest absolute Gasteiger partial charge is 0.349 e. The van der Waals surface area contributed by atoms with Gasteiger partial charge in [0.2, 0.25) is 0 Å². The van der Waals surface area contributed by atoms with E-state index in [9.17, 15) is 39.3 Å². The Morgan fingerprint density at radius 1 is 0.590 bits per heavy atom. The van der Waals surface area contributed by atoms with Gasteiger partial charge >= 0.3 is 35.8 Å². The summed E-state index contributed by atoms with van der Waals surface area (Å²) >= 11 is 0. The van der Waals surface area contributed by atoms with Gasteiger partial charge in [-0.05, 0) is 129 Å². The number of carbonyl (C=O) groups is 6. The van der Waals surface area contributed by atoms with Crippen LogP contribution in [0.5, 0.6) is 34.5 Å². The van der Waals surface area contributed by atoms with E-state index in [0.717, 1.165) is 0 Å². The van der Waals surface area contributed by atoms with Crippen LogP contribution in [0.25, 0.3) is 12.2 Å². The molecule has 0 spiro atoms. The van der Waals surface area contributed by atoms with E-state index >= 15 is 0 Å². The highest BCUT2D eigenvalue weighted by Crippen LogP contribution is 2.34. The number of methoxy groups -OCH3 is 2. The summed E-state index contributed by atoms with van der Waals surface area (Å²) in [5.74, 6) is -2.71. The van der Waals surface area contributed by atoms with Crippen LogP contribution in [0.3, 0.4) is 0 Å². The number of nitrogens with zero attached hydrogens (tertiary/aromatic N) is 2. The third kappa shape index (κ3) is 16.5. The molecule has 2 heterocycles. The van der Waals surface area contributed by atoms with Crippen molar-refractivity contribution in [3.8, 4) is 46.6 Å². The molecule has 408 valence electrons. The zero-order valence-corrected chi connectivity index (χ0v) is 43.6. The second-order valence-corrected chi connectivity index (χ2v) is 17.8. The first-order valence-corrected chi connectivity index (χ1v) is 24.7. The Balaban J connectivity index is 0.965. The molecule has 6 rings (SSSR count). The molecule has 4 atom stereocenters.